The molecule has 0 unspecified atom stereocenters. The van der Waals surface area contributed by atoms with Crippen molar-refractivity contribution in [2.24, 2.45) is 11.1 Å². The molecule has 3 heterocycles. The van der Waals surface area contributed by atoms with Crippen molar-refractivity contribution < 1.29 is 9.59 Å². The highest BCUT2D eigenvalue weighted by Gasteiger charge is 2.32. The molecule has 31 heavy (non-hydrogen) atoms. The first-order chi connectivity index (χ1) is 14.6. The quantitative estimate of drug-likeness (QED) is 0.655. The lowest BCUT2D eigenvalue weighted by molar-refractivity contribution is 0.0996. The maximum absolute atomic E-state index is 13.1. The molecule has 1 aromatic carbocycles. The van der Waals surface area contributed by atoms with E-state index in [0.717, 1.165) is 30.0 Å². The van der Waals surface area contributed by atoms with Crippen LogP contribution in [0.2, 0.25) is 0 Å². The molecule has 2 aromatic heterocycles. The van der Waals surface area contributed by atoms with E-state index in [-0.39, 0.29) is 11.3 Å². The van der Waals surface area contributed by atoms with E-state index in [0.29, 0.717) is 35.8 Å². The molecule has 2 amide bonds. The third-order valence-corrected chi connectivity index (χ3v) is 5.69. The van der Waals surface area contributed by atoms with Crippen molar-refractivity contribution in [2.45, 2.75) is 47.7 Å². The Morgan fingerprint density at radius 3 is 2.55 bits per heavy atom. The molecule has 9 heteroatoms. The first-order valence-electron chi connectivity index (χ1n) is 10.6. The first kappa shape index (κ1) is 20.9. The fraction of sp³-hybridized carbons (Fsp3) is 0.455. The van der Waals surface area contributed by atoms with Crippen molar-refractivity contribution in [1.82, 2.24) is 19.3 Å². The molecule has 0 atom stereocenters. The van der Waals surface area contributed by atoms with E-state index in [1.54, 1.807) is 16.8 Å². The van der Waals surface area contributed by atoms with E-state index >= 15 is 0 Å². The zero-order chi connectivity index (χ0) is 22.5. The third kappa shape index (κ3) is 3.64. The lowest BCUT2D eigenvalue weighted by Gasteiger charge is -2.31. The van der Waals surface area contributed by atoms with Gasteiger partial charge in [0.2, 0.25) is 11.9 Å². The topological polar surface area (TPSA) is 111 Å². The van der Waals surface area contributed by atoms with Crippen LogP contribution < -0.4 is 16.0 Å². The minimum atomic E-state index is -0.500. The van der Waals surface area contributed by atoms with Gasteiger partial charge in [0.1, 0.15) is 5.69 Å². The number of amides is 2. The van der Waals surface area contributed by atoms with Crippen LogP contribution in [0.25, 0.3) is 11.0 Å². The Labute approximate surface area is 181 Å². The molecule has 1 aliphatic rings. The van der Waals surface area contributed by atoms with Crippen LogP contribution in [0.3, 0.4) is 0 Å². The second kappa shape index (κ2) is 7.40. The second-order valence-electron chi connectivity index (χ2n) is 8.87. The van der Waals surface area contributed by atoms with Gasteiger partial charge < -0.3 is 15.2 Å². The number of anilines is 2. The molecule has 0 spiro atoms. The number of nitrogens with one attached hydrogen (secondary N) is 1. The summed E-state index contributed by atoms with van der Waals surface area (Å²) >= 11 is 0. The van der Waals surface area contributed by atoms with Crippen molar-refractivity contribution in [1.29, 1.82) is 0 Å². The molecular formula is C22H29N7O2. The molecule has 0 saturated heterocycles. The maximum Gasteiger partial charge on any atom is 0.276 e. The summed E-state index contributed by atoms with van der Waals surface area (Å²) in [5.74, 6) is -0.310. The summed E-state index contributed by atoms with van der Waals surface area (Å²) in [7, 11) is 0. The van der Waals surface area contributed by atoms with Crippen molar-refractivity contribution in [3.8, 4) is 0 Å². The summed E-state index contributed by atoms with van der Waals surface area (Å²) in [4.78, 5) is 32.0. The molecule has 0 saturated carbocycles. The van der Waals surface area contributed by atoms with Crippen LogP contribution in [0.4, 0.5) is 11.6 Å². The minimum Gasteiger partial charge on any atom is -0.369 e. The maximum atomic E-state index is 13.1. The van der Waals surface area contributed by atoms with Gasteiger partial charge in [-0.2, -0.15) is 5.10 Å². The highest BCUT2D eigenvalue weighted by atomic mass is 16.2. The molecule has 0 fully saturated rings. The highest BCUT2D eigenvalue weighted by Crippen LogP contribution is 2.38. The number of aromatic nitrogens is 4. The van der Waals surface area contributed by atoms with Crippen molar-refractivity contribution in [3.05, 3.63) is 35.2 Å². The predicted molar refractivity (Wildman–Crippen MR) is 121 cm³/mol. The Kier molecular flexibility index (Phi) is 4.99. The standard InChI is InChI=1S/C22H29N7O2/c1-6-27-11-22(4,5)12-28-18-15(9-14(19(23)30)10-16(18)27)24-21(28)25-20(31)17-8-13(3)26-29(17)7-2/h8-10H,6-7,11-12H2,1-5H3,(H2,23,30)(H,24,25,31). The predicted octanol–water partition coefficient (Wildman–Crippen LogP) is 2.78. The number of hydrogen-bond acceptors (Lipinski definition) is 5. The van der Waals surface area contributed by atoms with Gasteiger partial charge in [-0.3, -0.25) is 19.6 Å². The van der Waals surface area contributed by atoms with Gasteiger partial charge in [-0.15, -0.1) is 0 Å². The monoisotopic (exact) mass is 423 g/mol. The summed E-state index contributed by atoms with van der Waals surface area (Å²) in [6.45, 7) is 13.1. The Balaban J connectivity index is 1.88. The third-order valence-electron chi connectivity index (χ3n) is 5.69. The number of nitrogens with two attached hydrogens (primary N) is 1. The van der Waals surface area contributed by atoms with Crippen LogP contribution in [-0.2, 0) is 13.1 Å². The van der Waals surface area contributed by atoms with Gasteiger partial charge in [0, 0.05) is 37.2 Å². The van der Waals surface area contributed by atoms with Crippen LogP contribution in [0.5, 0.6) is 0 Å². The Bertz CT molecular complexity index is 1190. The van der Waals surface area contributed by atoms with Crippen molar-refractivity contribution >= 4 is 34.5 Å². The van der Waals surface area contributed by atoms with Crippen LogP contribution >= 0.6 is 0 Å². The van der Waals surface area contributed by atoms with Gasteiger partial charge in [-0.05, 0) is 39.0 Å². The summed E-state index contributed by atoms with van der Waals surface area (Å²) in [5, 5.41) is 7.34. The van der Waals surface area contributed by atoms with Gasteiger partial charge >= 0.3 is 0 Å². The number of carbonyl (C=O) groups is 2. The van der Waals surface area contributed by atoms with E-state index in [1.165, 1.54) is 0 Å². The summed E-state index contributed by atoms with van der Waals surface area (Å²) in [6, 6.07) is 5.29. The summed E-state index contributed by atoms with van der Waals surface area (Å²) in [5.41, 5.74) is 9.62. The molecular weight excluding hydrogens is 394 g/mol. The van der Waals surface area contributed by atoms with Crippen LogP contribution in [0.15, 0.2) is 18.2 Å². The van der Waals surface area contributed by atoms with E-state index in [1.807, 2.05) is 24.5 Å². The number of nitrogens with zero attached hydrogens (tertiary/aromatic N) is 5. The average molecular weight is 424 g/mol. The molecule has 0 bridgehead atoms. The zero-order valence-corrected chi connectivity index (χ0v) is 18.7. The summed E-state index contributed by atoms with van der Waals surface area (Å²) < 4.78 is 3.72. The number of hydrogen-bond donors (Lipinski definition) is 2. The summed E-state index contributed by atoms with van der Waals surface area (Å²) in [6.07, 6.45) is 0. The van der Waals surface area contributed by atoms with Crippen LogP contribution in [0, 0.1) is 12.3 Å². The molecule has 0 aliphatic carbocycles. The fourth-order valence-electron chi connectivity index (χ4n) is 4.38. The minimum absolute atomic E-state index is 0.0865. The highest BCUT2D eigenvalue weighted by molar-refractivity contribution is 6.05. The number of benzene rings is 1. The molecule has 9 nitrogen and oxygen atoms in total. The number of rotatable bonds is 5. The van der Waals surface area contributed by atoms with Gasteiger partial charge in [-0.1, -0.05) is 13.8 Å². The average Bonchev–Trinajstić information content (AvgIpc) is 3.21. The van der Waals surface area contributed by atoms with E-state index in [9.17, 15) is 9.59 Å². The van der Waals surface area contributed by atoms with Crippen LogP contribution in [0.1, 0.15) is 54.2 Å². The SMILES string of the molecule is CCN1CC(C)(C)Cn2c(NC(=O)c3cc(C)nn3CC)nc3cc(C(N)=O)cc1c32. The van der Waals surface area contributed by atoms with Gasteiger partial charge in [0.15, 0.2) is 0 Å². The molecule has 164 valence electrons. The number of carbonyl (C=O) groups excluding carboxylic acids is 2. The normalized spacial score (nSPS) is 15.2. The molecule has 3 N–H and O–H groups in total. The van der Waals surface area contributed by atoms with Gasteiger partial charge in [0.25, 0.3) is 5.91 Å². The van der Waals surface area contributed by atoms with Crippen molar-refractivity contribution in [3.63, 3.8) is 0 Å². The lowest BCUT2D eigenvalue weighted by Crippen LogP contribution is -2.35. The van der Waals surface area contributed by atoms with E-state index in [2.05, 4.69) is 36.1 Å². The lowest BCUT2D eigenvalue weighted by atomic mass is 9.93. The molecule has 3 aromatic rings. The first-order valence-corrected chi connectivity index (χ1v) is 10.6. The number of imidazole rings is 1. The second-order valence-corrected chi connectivity index (χ2v) is 8.87. The van der Waals surface area contributed by atoms with E-state index in [4.69, 9.17) is 10.7 Å². The number of primary amides is 1. The zero-order valence-electron chi connectivity index (χ0n) is 18.7. The number of aryl methyl sites for hydroxylation is 2. The van der Waals surface area contributed by atoms with Gasteiger partial charge in [-0.25, -0.2) is 4.98 Å². The van der Waals surface area contributed by atoms with E-state index < -0.39 is 5.91 Å². The Morgan fingerprint density at radius 2 is 1.90 bits per heavy atom. The molecule has 4 rings (SSSR count). The largest absolute Gasteiger partial charge is 0.369 e. The Hall–Kier alpha value is -3.36. The van der Waals surface area contributed by atoms with Crippen molar-refractivity contribution in [2.75, 3.05) is 23.3 Å². The molecule has 0 radical (unpaired) electrons. The van der Waals surface area contributed by atoms with Gasteiger partial charge in [0.05, 0.1) is 22.4 Å². The Morgan fingerprint density at radius 1 is 1.16 bits per heavy atom. The fourth-order valence-corrected chi connectivity index (χ4v) is 4.38. The van der Waals surface area contributed by atoms with Crippen LogP contribution in [-0.4, -0.2) is 44.2 Å². The molecule has 1 aliphatic heterocycles. The smallest absolute Gasteiger partial charge is 0.276 e.